The molecule has 0 fully saturated rings. The Morgan fingerprint density at radius 1 is 0.939 bits per heavy atom. The van der Waals surface area contributed by atoms with Crippen molar-refractivity contribution in [3.8, 4) is 0 Å². The van der Waals surface area contributed by atoms with E-state index in [9.17, 15) is 22.6 Å². The SMILES string of the molecule is C=C(C)C(=O)OCOP(=O)(OCOC(=O)C(=C)C)O[Si](C)(C)OS(=O)(=O)c1ccc(C)cc1. The zero-order valence-corrected chi connectivity index (χ0v) is 21.7. The number of aryl methyl sites for hydroxylation is 1. The van der Waals surface area contributed by atoms with Gasteiger partial charge in [-0.05, 0) is 46.0 Å². The minimum atomic E-state index is -4.64. The van der Waals surface area contributed by atoms with Crippen LogP contribution in [0.25, 0.3) is 0 Å². The number of phosphoric ester groups is 1. The predicted molar refractivity (Wildman–Crippen MR) is 119 cm³/mol. The summed E-state index contributed by atoms with van der Waals surface area (Å²) in [5.74, 6) is -1.69. The van der Waals surface area contributed by atoms with Crippen LogP contribution in [0, 0.1) is 6.92 Å². The van der Waals surface area contributed by atoms with Crippen molar-refractivity contribution in [3.05, 3.63) is 54.1 Å². The first kappa shape index (κ1) is 28.9. The van der Waals surface area contributed by atoms with Crippen LogP contribution in [0.15, 0.2) is 53.5 Å². The van der Waals surface area contributed by atoms with Crippen molar-refractivity contribution in [2.45, 2.75) is 38.8 Å². The minimum Gasteiger partial charge on any atom is -0.435 e. The zero-order valence-electron chi connectivity index (χ0n) is 19.0. The Morgan fingerprint density at radius 3 is 1.76 bits per heavy atom. The molecule has 0 saturated carbocycles. The number of hydrogen-bond acceptors (Lipinski definition) is 11. The fraction of sp³-hybridized carbons (Fsp3) is 0.368. The van der Waals surface area contributed by atoms with Crippen LogP contribution in [0.5, 0.6) is 0 Å². The van der Waals surface area contributed by atoms with Gasteiger partial charge in [0.05, 0.1) is 4.90 Å². The number of phosphoric acid groups is 1. The Balaban J connectivity index is 2.99. The molecule has 0 heterocycles. The lowest BCUT2D eigenvalue weighted by atomic mass is 10.2. The normalized spacial score (nSPS) is 12.2. The maximum atomic E-state index is 13.1. The first-order valence-corrected chi connectivity index (χ1v) is 15.0. The van der Waals surface area contributed by atoms with Gasteiger partial charge in [-0.25, -0.2) is 23.2 Å². The molecule has 0 bridgehead atoms. The standard InChI is InChI=1S/C19H27O11PSSi/c1-14(2)18(20)25-12-27-31(22,28-13-26-19(21)15(3)4)29-33(6,7)30-32(23,24)17-10-8-16(5)9-11-17/h8-11H,1,3,12-13H2,2,4-7H3. The van der Waals surface area contributed by atoms with E-state index >= 15 is 0 Å². The second-order valence-electron chi connectivity index (χ2n) is 7.21. The molecule has 0 aromatic heterocycles. The van der Waals surface area contributed by atoms with Crippen LogP contribution in [-0.4, -0.2) is 42.5 Å². The van der Waals surface area contributed by atoms with Gasteiger partial charge in [0.15, 0.2) is 0 Å². The highest BCUT2D eigenvalue weighted by atomic mass is 32.2. The van der Waals surface area contributed by atoms with Gasteiger partial charge in [-0.3, -0.25) is 3.87 Å². The molecule has 0 aliphatic heterocycles. The summed E-state index contributed by atoms with van der Waals surface area (Å²) in [5.41, 5.74) is 0.933. The average molecular weight is 523 g/mol. The summed E-state index contributed by atoms with van der Waals surface area (Å²) >= 11 is 0. The molecule has 0 aliphatic rings. The summed E-state index contributed by atoms with van der Waals surface area (Å²) in [4.78, 5) is 22.9. The van der Waals surface area contributed by atoms with Crippen molar-refractivity contribution in [1.29, 1.82) is 0 Å². The van der Waals surface area contributed by atoms with E-state index in [1.165, 1.54) is 39.1 Å². The van der Waals surface area contributed by atoms with E-state index in [1.807, 2.05) is 0 Å². The number of carbonyl (C=O) groups is 2. The predicted octanol–water partition coefficient (Wildman–Crippen LogP) is 3.71. The highest BCUT2D eigenvalue weighted by Gasteiger charge is 2.43. The molecule has 0 atom stereocenters. The molecule has 33 heavy (non-hydrogen) atoms. The quantitative estimate of drug-likeness (QED) is 0.123. The molecule has 0 radical (unpaired) electrons. The van der Waals surface area contributed by atoms with Crippen molar-refractivity contribution in [3.63, 3.8) is 0 Å². The fourth-order valence-corrected chi connectivity index (χ4v) is 8.30. The molecule has 1 rings (SSSR count). The Hall–Kier alpha value is -2.12. The minimum absolute atomic E-state index is 0.0490. The Morgan fingerprint density at radius 2 is 1.36 bits per heavy atom. The summed E-state index contributed by atoms with van der Waals surface area (Å²) < 4.78 is 68.1. The number of hydrogen-bond donors (Lipinski definition) is 0. The van der Waals surface area contributed by atoms with E-state index in [0.717, 1.165) is 5.56 Å². The third-order valence-corrected chi connectivity index (χ3v) is 10.3. The molecule has 184 valence electrons. The Kier molecular flexibility index (Phi) is 10.4. The van der Waals surface area contributed by atoms with Gasteiger partial charge in [-0.1, -0.05) is 30.9 Å². The van der Waals surface area contributed by atoms with Gasteiger partial charge >= 0.3 is 28.3 Å². The fourth-order valence-electron chi connectivity index (χ4n) is 1.93. The van der Waals surface area contributed by atoms with Gasteiger partial charge in [0.2, 0.25) is 13.6 Å². The second kappa shape index (κ2) is 11.8. The Labute approximate surface area is 194 Å². The van der Waals surface area contributed by atoms with Crippen molar-refractivity contribution in [1.82, 2.24) is 0 Å². The molecule has 11 nitrogen and oxygen atoms in total. The van der Waals surface area contributed by atoms with E-state index in [1.54, 1.807) is 19.1 Å². The lowest BCUT2D eigenvalue weighted by molar-refractivity contribution is -0.148. The number of benzene rings is 1. The van der Waals surface area contributed by atoms with E-state index in [0.29, 0.717) is 0 Å². The van der Waals surface area contributed by atoms with Crippen LogP contribution in [-0.2, 0) is 50.9 Å². The maximum Gasteiger partial charge on any atom is 0.472 e. The number of rotatable bonds is 13. The summed E-state index contributed by atoms with van der Waals surface area (Å²) in [5, 5.41) is 0. The highest BCUT2D eigenvalue weighted by Crippen LogP contribution is 2.52. The van der Waals surface area contributed by atoms with Gasteiger partial charge < -0.3 is 13.7 Å². The first-order valence-electron chi connectivity index (χ1n) is 9.34. The first-order chi connectivity index (χ1) is 15.1. The molecule has 0 N–H and O–H groups in total. The molecular weight excluding hydrogens is 495 g/mol. The average Bonchev–Trinajstić information content (AvgIpc) is 2.66. The van der Waals surface area contributed by atoms with Gasteiger partial charge in [-0.15, -0.1) is 0 Å². The number of carbonyl (C=O) groups excluding carboxylic acids is 2. The molecule has 1 aromatic rings. The van der Waals surface area contributed by atoms with E-state index in [4.69, 9.17) is 26.6 Å². The van der Waals surface area contributed by atoms with E-state index < -0.39 is 52.0 Å². The van der Waals surface area contributed by atoms with Crippen LogP contribution in [0.1, 0.15) is 19.4 Å². The van der Waals surface area contributed by atoms with Crippen molar-refractivity contribution >= 4 is 38.4 Å². The summed E-state index contributed by atoms with van der Waals surface area (Å²) in [6.45, 7) is 12.1. The molecular formula is C19H27O11PSSi. The highest BCUT2D eigenvalue weighted by molar-refractivity contribution is 7.87. The van der Waals surface area contributed by atoms with Crippen LogP contribution in [0.2, 0.25) is 13.1 Å². The van der Waals surface area contributed by atoms with Crippen LogP contribution in [0.3, 0.4) is 0 Å². The lowest BCUT2D eigenvalue weighted by Crippen LogP contribution is -2.37. The van der Waals surface area contributed by atoms with E-state index in [2.05, 4.69) is 13.2 Å². The van der Waals surface area contributed by atoms with Crippen LogP contribution >= 0.6 is 7.82 Å². The molecule has 0 amide bonds. The van der Waals surface area contributed by atoms with Gasteiger partial charge in [0, 0.05) is 11.1 Å². The largest absolute Gasteiger partial charge is 0.472 e. The second-order valence-corrected chi connectivity index (χ2v) is 14.2. The number of ether oxygens (including phenoxy) is 2. The summed E-state index contributed by atoms with van der Waals surface area (Å²) in [7, 11) is -12.7. The summed E-state index contributed by atoms with van der Waals surface area (Å²) in [6, 6.07) is 5.84. The lowest BCUT2D eigenvalue weighted by Gasteiger charge is -2.26. The van der Waals surface area contributed by atoms with E-state index in [-0.39, 0.29) is 16.0 Å². The topological polar surface area (TPSA) is 141 Å². The number of esters is 2. The van der Waals surface area contributed by atoms with Gasteiger partial charge in [0.25, 0.3) is 10.1 Å². The van der Waals surface area contributed by atoms with Gasteiger partial charge in [-0.2, -0.15) is 8.42 Å². The van der Waals surface area contributed by atoms with Gasteiger partial charge in [0.1, 0.15) is 0 Å². The molecule has 0 aliphatic carbocycles. The van der Waals surface area contributed by atoms with Crippen LogP contribution in [0.4, 0.5) is 0 Å². The molecule has 0 unspecified atom stereocenters. The van der Waals surface area contributed by atoms with Crippen molar-refractivity contribution < 1.29 is 49.2 Å². The zero-order chi connectivity index (χ0) is 25.4. The smallest absolute Gasteiger partial charge is 0.435 e. The third kappa shape index (κ3) is 10.1. The monoisotopic (exact) mass is 522 g/mol. The van der Waals surface area contributed by atoms with Crippen molar-refractivity contribution in [2.75, 3.05) is 13.6 Å². The summed E-state index contributed by atoms with van der Waals surface area (Å²) in [6.07, 6.45) is 0. The van der Waals surface area contributed by atoms with Crippen LogP contribution < -0.4 is 0 Å². The molecule has 14 heteroatoms. The third-order valence-electron chi connectivity index (χ3n) is 3.45. The Bertz CT molecular complexity index is 1010. The maximum absolute atomic E-state index is 13.1. The molecule has 1 aromatic carbocycles. The van der Waals surface area contributed by atoms with Crippen molar-refractivity contribution in [2.24, 2.45) is 0 Å². The molecule has 0 spiro atoms. The molecule has 0 saturated heterocycles.